The van der Waals surface area contributed by atoms with Gasteiger partial charge in [-0.05, 0) is 30.0 Å². The first-order chi connectivity index (χ1) is 17.1. The smallest absolute Gasteiger partial charge is 0.220 e. The standard InChI is InChI=1S/C29H37N5O/c1-3-5-7-8-14-26(35)31-19-21-15-17-22(18-16-21)20-34-25(13-6-4-2)33-27-28(34)23-11-9-10-12-24(23)32-29(27)30/h9-12,15-18H,3-8,13-14,19-20H2,1-2H3,(H2,30,32)(H,31,35). The van der Waals surface area contributed by atoms with E-state index in [1.165, 1.54) is 18.4 Å². The third kappa shape index (κ3) is 5.99. The Balaban J connectivity index is 1.53. The summed E-state index contributed by atoms with van der Waals surface area (Å²) in [5.74, 6) is 1.66. The molecule has 35 heavy (non-hydrogen) atoms. The number of carbonyl (C=O) groups excluding carboxylic acids is 1. The molecule has 0 unspecified atom stereocenters. The number of anilines is 1. The molecule has 3 N–H and O–H groups in total. The molecule has 0 aliphatic rings. The predicted molar refractivity (Wildman–Crippen MR) is 144 cm³/mol. The van der Waals surface area contributed by atoms with Gasteiger partial charge in [0.05, 0.1) is 11.0 Å². The van der Waals surface area contributed by atoms with Crippen LogP contribution in [0.5, 0.6) is 0 Å². The van der Waals surface area contributed by atoms with Crippen LogP contribution in [-0.4, -0.2) is 20.4 Å². The maximum Gasteiger partial charge on any atom is 0.220 e. The molecule has 0 radical (unpaired) electrons. The lowest BCUT2D eigenvalue weighted by Gasteiger charge is -2.12. The number of nitrogens with zero attached hydrogens (tertiary/aromatic N) is 3. The van der Waals surface area contributed by atoms with E-state index in [2.05, 4.69) is 59.0 Å². The Labute approximate surface area is 208 Å². The maximum absolute atomic E-state index is 12.1. The van der Waals surface area contributed by atoms with Gasteiger partial charge in [-0.2, -0.15) is 0 Å². The second-order valence-electron chi connectivity index (χ2n) is 9.33. The first-order valence-electron chi connectivity index (χ1n) is 13.0. The fraction of sp³-hybridized carbons (Fsp3) is 0.414. The average Bonchev–Trinajstić information content (AvgIpc) is 3.24. The molecule has 0 aliphatic carbocycles. The van der Waals surface area contributed by atoms with E-state index in [4.69, 9.17) is 10.7 Å². The van der Waals surface area contributed by atoms with Crippen LogP contribution >= 0.6 is 0 Å². The van der Waals surface area contributed by atoms with Crippen LogP contribution in [0.1, 0.15) is 75.7 Å². The van der Waals surface area contributed by atoms with Gasteiger partial charge >= 0.3 is 0 Å². The van der Waals surface area contributed by atoms with Crippen LogP contribution in [0.3, 0.4) is 0 Å². The summed E-state index contributed by atoms with van der Waals surface area (Å²) in [6.45, 7) is 5.66. The monoisotopic (exact) mass is 471 g/mol. The van der Waals surface area contributed by atoms with E-state index in [-0.39, 0.29) is 5.91 Å². The van der Waals surface area contributed by atoms with Crippen LogP contribution in [0.25, 0.3) is 21.9 Å². The fourth-order valence-corrected chi connectivity index (χ4v) is 4.55. The van der Waals surface area contributed by atoms with Gasteiger partial charge < -0.3 is 15.6 Å². The minimum atomic E-state index is 0.133. The van der Waals surface area contributed by atoms with E-state index >= 15 is 0 Å². The average molecular weight is 472 g/mol. The lowest BCUT2D eigenvalue weighted by molar-refractivity contribution is -0.121. The SMILES string of the molecule is CCCCCCC(=O)NCc1ccc(Cn2c(CCCC)nc3c(N)nc4ccccc4c32)cc1. The van der Waals surface area contributed by atoms with Crippen LogP contribution in [0.4, 0.5) is 5.82 Å². The van der Waals surface area contributed by atoms with Crippen LogP contribution < -0.4 is 11.1 Å². The number of hydrogen-bond acceptors (Lipinski definition) is 4. The van der Waals surface area contributed by atoms with Gasteiger partial charge in [-0.1, -0.05) is 82.0 Å². The second kappa shape index (κ2) is 11.8. The molecule has 2 aromatic heterocycles. The van der Waals surface area contributed by atoms with Crippen LogP contribution in [0, 0.1) is 0 Å². The van der Waals surface area contributed by atoms with E-state index in [1.807, 2.05) is 18.2 Å². The van der Waals surface area contributed by atoms with Gasteiger partial charge in [-0.25, -0.2) is 9.97 Å². The van der Waals surface area contributed by atoms with E-state index in [1.54, 1.807) is 0 Å². The van der Waals surface area contributed by atoms with Crippen molar-refractivity contribution in [3.05, 3.63) is 65.5 Å². The quantitative estimate of drug-likeness (QED) is 0.243. The zero-order valence-corrected chi connectivity index (χ0v) is 21.0. The third-order valence-corrected chi connectivity index (χ3v) is 6.55. The number of pyridine rings is 1. The Morgan fingerprint density at radius 2 is 1.66 bits per heavy atom. The minimum Gasteiger partial charge on any atom is -0.382 e. The van der Waals surface area contributed by atoms with Gasteiger partial charge in [0.1, 0.15) is 11.3 Å². The van der Waals surface area contributed by atoms with Crippen molar-refractivity contribution in [3.63, 3.8) is 0 Å². The van der Waals surface area contributed by atoms with Gasteiger partial charge in [0, 0.05) is 31.3 Å². The number of nitrogens with two attached hydrogens (primary N) is 1. The number of para-hydroxylation sites is 1. The zero-order chi connectivity index (χ0) is 24.6. The molecule has 2 heterocycles. The van der Waals surface area contributed by atoms with E-state index in [0.29, 0.717) is 25.3 Å². The molecule has 6 nitrogen and oxygen atoms in total. The Hall–Kier alpha value is -3.41. The fourth-order valence-electron chi connectivity index (χ4n) is 4.55. The highest BCUT2D eigenvalue weighted by Crippen LogP contribution is 2.30. The highest BCUT2D eigenvalue weighted by Gasteiger charge is 2.17. The van der Waals surface area contributed by atoms with Gasteiger partial charge in [0.25, 0.3) is 0 Å². The summed E-state index contributed by atoms with van der Waals surface area (Å²) >= 11 is 0. The summed E-state index contributed by atoms with van der Waals surface area (Å²) in [5.41, 5.74) is 11.4. The first kappa shape index (κ1) is 24.7. The molecule has 0 fully saturated rings. The second-order valence-corrected chi connectivity index (χ2v) is 9.33. The number of hydrogen-bond donors (Lipinski definition) is 2. The molecule has 4 aromatic rings. The molecular weight excluding hydrogens is 434 g/mol. The van der Waals surface area contributed by atoms with Gasteiger partial charge in [-0.15, -0.1) is 0 Å². The van der Waals surface area contributed by atoms with Crippen molar-refractivity contribution in [2.24, 2.45) is 0 Å². The molecule has 184 valence electrons. The summed E-state index contributed by atoms with van der Waals surface area (Å²) in [4.78, 5) is 21.6. The van der Waals surface area contributed by atoms with Crippen molar-refractivity contribution >= 4 is 33.7 Å². The van der Waals surface area contributed by atoms with E-state index < -0.39 is 0 Å². The number of rotatable bonds is 12. The number of nitrogen functional groups attached to an aromatic ring is 1. The number of unbranched alkanes of at least 4 members (excludes halogenated alkanes) is 4. The molecule has 0 aliphatic heterocycles. The molecule has 0 bridgehead atoms. The molecule has 0 atom stereocenters. The van der Waals surface area contributed by atoms with Crippen LogP contribution in [0.15, 0.2) is 48.5 Å². The molecule has 4 rings (SSSR count). The molecule has 1 amide bonds. The lowest BCUT2D eigenvalue weighted by Crippen LogP contribution is -2.22. The number of fused-ring (bicyclic) bond motifs is 3. The highest BCUT2D eigenvalue weighted by atomic mass is 16.1. The number of aromatic nitrogens is 3. The Bertz CT molecular complexity index is 1280. The topological polar surface area (TPSA) is 85.8 Å². The van der Waals surface area contributed by atoms with Crippen molar-refractivity contribution < 1.29 is 4.79 Å². The van der Waals surface area contributed by atoms with E-state index in [0.717, 1.165) is 65.4 Å². The highest BCUT2D eigenvalue weighted by molar-refractivity contribution is 6.06. The first-order valence-corrected chi connectivity index (χ1v) is 13.0. The Morgan fingerprint density at radius 1 is 0.914 bits per heavy atom. The number of amides is 1. The number of carbonyl (C=O) groups is 1. The van der Waals surface area contributed by atoms with Crippen molar-refractivity contribution in [1.29, 1.82) is 0 Å². The van der Waals surface area contributed by atoms with Gasteiger partial charge in [0.2, 0.25) is 5.91 Å². The molecule has 6 heteroatoms. The molecule has 2 aromatic carbocycles. The summed E-state index contributed by atoms with van der Waals surface area (Å²) < 4.78 is 2.30. The number of aryl methyl sites for hydroxylation is 1. The maximum atomic E-state index is 12.1. The molecule has 0 saturated heterocycles. The zero-order valence-electron chi connectivity index (χ0n) is 21.0. The summed E-state index contributed by atoms with van der Waals surface area (Å²) in [7, 11) is 0. The Morgan fingerprint density at radius 3 is 2.43 bits per heavy atom. The summed E-state index contributed by atoms with van der Waals surface area (Å²) in [6.07, 6.45) is 8.16. The predicted octanol–water partition coefficient (Wildman–Crippen LogP) is 6.14. The van der Waals surface area contributed by atoms with Crippen molar-refractivity contribution in [2.75, 3.05) is 5.73 Å². The number of imidazole rings is 1. The normalized spacial score (nSPS) is 11.4. The summed E-state index contributed by atoms with van der Waals surface area (Å²) in [5, 5.41) is 4.12. The third-order valence-electron chi connectivity index (χ3n) is 6.55. The van der Waals surface area contributed by atoms with Crippen LogP contribution in [0.2, 0.25) is 0 Å². The molecule has 0 saturated carbocycles. The van der Waals surface area contributed by atoms with Gasteiger partial charge in [-0.3, -0.25) is 4.79 Å². The van der Waals surface area contributed by atoms with Crippen molar-refractivity contribution in [3.8, 4) is 0 Å². The molecule has 0 spiro atoms. The van der Waals surface area contributed by atoms with E-state index in [9.17, 15) is 4.79 Å². The number of benzene rings is 2. The molecular formula is C29H37N5O. The largest absolute Gasteiger partial charge is 0.382 e. The van der Waals surface area contributed by atoms with Crippen molar-refractivity contribution in [1.82, 2.24) is 19.9 Å². The lowest BCUT2D eigenvalue weighted by atomic mass is 10.1. The van der Waals surface area contributed by atoms with Crippen LogP contribution in [-0.2, 0) is 24.3 Å². The van der Waals surface area contributed by atoms with Gasteiger partial charge in [0.15, 0.2) is 5.82 Å². The summed E-state index contributed by atoms with van der Waals surface area (Å²) in [6, 6.07) is 16.6. The number of nitrogens with one attached hydrogen (secondary N) is 1. The minimum absolute atomic E-state index is 0.133. The van der Waals surface area contributed by atoms with Crippen molar-refractivity contribution in [2.45, 2.75) is 78.3 Å². The Kier molecular flexibility index (Phi) is 8.35.